The van der Waals surface area contributed by atoms with Crippen LogP contribution in [0.2, 0.25) is 0 Å². The molecule has 1 amide bonds. The molecule has 2 rings (SSSR count). The van der Waals surface area contributed by atoms with E-state index in [1.165, 1.54) is 19.2 Å². The molecule has 0 aliphatic carbocycles. The number of nitrogens with one attached hydrogen (secondary N) is 1. The van der Waals surface area contributed by atoms with E-state index in [1.54, 1.807) is 6.07 Å². The maximum atomic E-state index is 11.6. The number of rotatable bonds is 6. The van der Waals surface area contributed by atoms with Gasteiger partial charge in [-0.15, -0.1) is 0 Å². The Kier molecular flexibility index (Phi) is 5.82. The van der Waals surface area contributed by atoms with Gasteiger partial charge >= 0.3 is 6.09 Å². The fourth-order valence-electron chi connectivity index (χ4n) is 1.97. The number of aliphatic hydroxyl groups excluding tert-OH is 1. The monoisotopic (exact) mass is 317 g/mol. The number of hydrogen-bond acceptors (Lipinski definition) is 5. The average Bonchev–Trinajstić information content (AvgIpc) is 2.59. The Morgan fingerprint density at radius 2 is 1.96 bits per heavy atom. The highest BCUT2D eigenvalue weighted by atomic mass is 16.5. The van der Waals surface area contributed by atoms with E-state index in [9.17, 15) is 15.0 Å². The summed E-state index contributed by atoms with van der Waals surface area (Å²) in [6.07, 6.45) is -1.55. The molecule has 0 saturated heterocycles. The lowest BCUT2D eigenvalue weighted by Crippen LogP contribution is -2.28. The van der Waals surface area contributed by atoms with Crippen LogP contribution >= 0.6 is 0 Å². The van der Waals surface area contributed by atoms with E-state index in [-0.39, 0.29) is 24.7 Å². The molecule has 0 radical (unpaired) electrons. The number of ether oxygens (including phenoxy) is 2. The summed E-state index contributed by atoms with van der Waals surface area (Å²) in [5.74, 6) is 0.242. The smallest absolute Gasteiger partial charge is 0.407 e. The van der Waals surface area contributed by atoms with Crippen molar-refractivity contribution in [2.24, 2.45) is 0 Å². The SMILES string of the molecule is COc1cc(C(O)CNC(=O)OCc2ccccc2)ccc1O. The van der Waals surface area contributed by atoms with E-state index in [1.807, 2.05) is 30.3 Å². The lowest BCUT2D eigenvalue weighted by molar-refractivity contribution is 0.126. The van der Waals surface area contributed by atoms with Crippen LogP contribution in [-0.4, -0.2) is 30.0 Å². The van der Waals surface area contributed by atoms with Crippen molar-refractivity contribution in [3.63, 3.8) is 0 Å². The van der Waals surface area contributed by atoms with E-state index in [0.717, 1.165) is 5.56 Å². The van der Waals surface area contributed by atoms with Gasteiger partial charge in [-0.3, -0.25) is 0 Å². The summed E-state index contributed by atoms with van der Waals surface area (Å²) >= 11 is 0. The lowest BCUT2D eigenvalue weighted by Gasteiger charge is -2.14. The molecule has 3 N–H and O–H groups in total. The maximum absolute atomic E-state index is 11.6. The zero-order valence-corrected chi connectivity index (χ0v) is 12.7. The van der Waals surface area contributed by atoms with E-state index in [2.05, 4.69) is 5.32 Å². The fourth-order valence-corrected chi connectivity index (χ4v) is 1.97. The largest absolute Gasteiger partial charge is 0.504 e. The molecule has 0 bridgehead atoms. The summed E-state index contributed by atoms with van der Waals surface area (Å²) in [4.78, 5) is 11.6. The third-order valence-electron chi connectivity index (χ3n) is 3.24. The Bertz CT molecular complexity index is 645. The highest BCUT2D eigenvalue weighted by molar-refractivity contribution is 5.67. The van der Waals surface area contributed by atoms with Gasteiger partial charge in [-0.25, -0.2) is 4.79 Å². The molecular weight excluding hydrogens is 298 g/mol. The van der Waals surface area contributed by atoms with Crippen molar-refractivity contribution in [1.29, 1.82) is 0 Å². The Morgan fingerprint density at radius 1 is 1.22 bits per heavy atom. The number of hydrogen-bond donors (Lipinski definition) is 3. The first kappa shape index (κ1) is 16.6. The van der Waals surface area contributed by atoms with Gasteiger partial charge in [0, 0.05) is 0 Å². The minimum atomic E-state index is -0.936. The molecule has 0 aliphatic rings. The first-order valence-corrected chi connectivity index (χ1v) is 7.09. The molecule has 6 heteroatoms. The second kappa shape index (κ2) is 8.05. The van der Waals surface area contributed by atoms with Crippen LogP contribution < -0.4 is 10.1 Å². The van der Waals surface area contributed by atoms with Gasteiger partial charge in [0.25, 0.3) is 0 Å². The standard InChI is InChI=1S/C17H19NO5/c1-22-16-9-13(7-8-14(16)19)15(20)10-18-17(21)23-11-12-5-3-2-4-6-12/h2-9,15,19-20H,10-11H2,1H3,(H,18,21). The van der Waals surface area contributed by atoms with Crippen molar-refractivity contribution >= 4 is 6.09 Å². The molecule has 0 spiro atoms. The van der Waals surface area contributed by atoms with Crippen LogP contribution in [-0.2, 0) is 11.3 Å². The average molecular weight is 317 g/mol. The summed E-state index contributed by atoms with van der Waals surface area (Å²) in [6, 6.07) is 13.8. The van der Waals surface area contributed by atoms with Gasteiger partial charge in [-0.05, 0) is 23.3 Å². The number of amides is 1. The van der Waals surface area contributed by atoms with E-state index < -0.39 is 12.2 Å². The molecule has 0 fully saturated rings. The quantitative estimate of drug-likeness (QED) is 0.761. The summed E-state index contributed by atoms with van der Waals surface area (Å²) < 4.78 is 10.0. The van der Waals surface area contributed by atoms with Crippen LogP contribution in [0.4, 0.5) is 4.79 Å². The number of phenols is 1. The zero-order chi connectivity index (χ0) is 16.7. The molecule has 6 nitrogen and oxygen atoms in total. The van der Waals surface area contributed by atoms with E-state index in [0.29, 0.717) is 5.56 Å². The van der Waals surface area contributed by atoms with Gasteiger partial charge in [0.15, 0.2) is 11.5 Å². The fraction of sp³-hybridized carbons (Fsp3) is 0.235. The van der Waals surface area contributed by atoms with Crippen LogP contribution in [0, 0.1) is 0 Å². The molecule has 0 heterocycles. The van der Waals surface area contributed by atoms with Gasteiger partial charge in [0.1, 0.15) is 6.61 Å². The van der Waals surface area contributed by atoms with Gasteiger partial charge in [-0.2, -0.15) is 0 Å². The van der Waals surface area contributed by atoms with Gasteiger partial charge in [-0.1, -0.05) is 36.4 Å². The predicted molar refractivity (Wildman–Crippen MR) is 84.2 cm³/mol. The number of phenolic OH excluding ortho intramolecular Hbond substituents is 1. The normalized spacial score (nSPS) is 11.6. The summed E-state index contributed by atoms with van der Waals surface area (Å²) in [7, 11) is 1.42. The number of carbonyl (C=O) groups excluding carboxylic acids is 1. The number of benzene rings is 2. The molecule has 0 aliphatic heterocycles. The molecule has 1 atom stereocenters. The number of carbonyl (C=O) groups is 1. The van der Waals surface area contributed by atoms with Crippen LogP contribution in [0.15, 0.2) is 48.5 Å². The molecule has 1 unspecified atom stereocenters. The molecule has 2 aromatic carbocycles. The highest BCUT2D eigenvalue weighted by Crippen LogP contribution is 2.28. The van der Waals surface area contributed by atoms with Gasteiger partial charge in [0.2, 0.25) is 0 Å². The molecule has 0 aromatic heterocycles. The van der Waals surface area contributed by atoms with Crippen molar-refractivity contribution in [2.45, 2.75) is 12.7 Å². The Balaban J connectivity index is 1.81. The third kappa shape index (κ3) is 4.89. The van der Waals surface area contributed by atoms with E-state index >= 15 is 0 Å². The van der Waals surface area contributed by atoms with Crippen molar-refractivity contribution in [3.05, 3.63) is 59.7 Å². The van der Waals surface area contributed by atoms with Crippen molar-refractivity contribution < 1.29 is 24.5 Å². The topological polar surface area (TPSA) is 88.0 Å². The second-order valence-corrected chi connectivity index (χ2v) is 4.89. The van der Waals surface area contributed by atoms with Crippen molar-refractivity contribution in [3.8, 4) is 11.5 Å². The summed E-state index contributed by atoms with van der Waals surface area (Å²) in [5.41, 5.74) is 1.40. The number of alkyl carbamates (subject to hydrolysis) is 1. The maximum Gasteiger partial charge on any atom is 0.407 e. The molecule has 23 heavy (non-hydrogen) atoms. The predicted octanol–water partition coefficient (Wildman–Crippen LogP) is 2.36. The summed E-state index contributed by atoms with van der Waals surface area (Å²) in [5, 5.41) is 22.1. The van der Waals surface area contributed by atoms with Gasteiger partial charge < -0.3 is 25.0 Å². The highest BCUT2D eigenvalue weighted by Gasteiger charge is 2.12. The lowest BCUT2D eigenvalue weighted by atomic mass is 10.1. The molecule has 0 saturated carbocycles. The van der Waals surface area contributed by atoms with Crippen LogP contribution in [0.5, 0.6) is 11.5 Å². The minimum absolute atomic E-state index is 0.0123. The minimum Gasteiger partial charge on any atom is -0.504 e. The Hall–Kier alpha value is -2.73. The Morgan fingerprint density at radius 3 is 2.65 bits per heavy atom. The molecule has 122 valence electrons. The first-order chi connectivity index (χ1) is 11.1. The van der Waals surface area contributed by atoms with Crippen molar-refractivity contribution in [1.82, 2.24) is 5.32 Å². The number of aromatic hydroxyl groups is 1. The number of methoxy groups -OCH3 is 1. The van der Waals surface area contributed by atoms with Crippen LogP contribution in [0.25, 0.3) is 0 Å². The Labute approximate surface area is 134 Å². The second-order valence-electron chi connectivity index (χ2n) is 4.89. The summed E-state index contributed by atoms with van der Waals surface area (Å²) in [6.45, 7) is 0.150. The molecule has 2 aromatic rings. The van der Waals surface area contributed by atoms with Crippen LogP contribution in [0.3, 0.4) is 0 Å². The first-order valence-electron chi connectivity index (χ1n) is 7.09. The molecular formula is C17H19NO5. The zero-order valence-electron chi connectivity index (χ0n) is 12.7. The number of aliphatic hydroxyl groups is 1. The van der Waals surface area contributed by atoms with Gasteiger partial charge in [0.05, 0.1) is 19.8 Å². The van der Waals surface area contributed by atoms with Crippen molar-refractivity contribution in [2.75, 3.05) is 13.7 Å². The van der Waals surface area contributed by atoms with E-state index in [4.69, 9.17) is 9.47 Å². The third-order valence-corrected chi connectivity index (χ3v) is 3.24. The van der Waals surface area contributed by atoms with Crippen LogP contribution in [0.1, 0.15) is 17.2 Å².